The average molecular weight is 177 g/mol. The van der Waals surface area contributed by atoms with Crippen molar-refractivity contribution in [3.63, 3.8) is 0 Å². The third-order valence-corrected chi connectivity index (χ3v) is 1.04. The molecule has 1 rings (SSSR count). The lowest BCUT2D eigenvalue weighted by Gasteiger charge is -2.07. The minimum absolute atomic E-state index is 0.491. The lowest BCUT2D eigenvalue weighted by Crippen LogP contribution is -2.16. The van der Waals surface area contributed by atoms with E-state index in [2.05, 4.69) is 4.74 Å². The molecule has 12 heavy (non-hydrogen) atoms. The van der Waals surface area contributed by atoms with Gasteiger partial charge in [-0.15, -0.1) is 13.2 Å². The Hall–Kier alpha value is -1.39. The molecule has 0 amide bonds. The molecule has 0 aliphatic rings. The molecule has 0 unspecified atom stereocenters. The predicted molar refractivity (Wildman–Crippen MR) is 33.3 cm³/mol. The first-order chi connectivity index (χ1) is 5.47. The van der Waals surface area contributed by atoms with Gasteiger partial charge in [-0.1, -0.05) is 6.07 Å². The zero-order chi connectivity index (χ0) is 9.19. The molecule has 1 radical (unpaired) electrons. The van der Waals surface area contributed by atoms with Crippen molar-refractivity contribution in [2.24, 2.45) is 0 Å². The smallest absolute Gasteiger partial charge is 0.406 e. The summed E-state index contributed by atoms with van der Waals surface area (Å²) in [6.07, 6.45) is -4.74. The van der Waals surface area contributed by atoms with Crippen LogP contribution in [0.25, 0.3) is 0 Å². The molecule has 0 saturated carbocycles. The van der Waals surface area contributed by atoms with Gasteiger partial charge in [0.05, 0.1) is 0 Å². The van der Waals surface area contributed by atoms with E-state index in [1.165, 1.54) is 6.07 Å². The molecular formula is C7H4F3O2. The van der Waals surface area contributed by atoms with Crippen LogP contribution in [0.15, 0.2) is 24.3 Å². The van der Waals surface area contributed by atoms with Crippen molar-refractivity contribution in [2.45, 2.75) is 6.36 Å². The molecule has 0 aromatic heterocycles. The molecule has 0 aliphatic heterocycles. The van der Waals surface area contributed by atoms with Gasteiger partial charge in [0.25, 0.3) is 0 Å². The molecule has 0 aliphatic carbocycles. The lowest BCUT2D eigenvalue weighted by molar-refractivity contribution is -0.274. The zero-order valence-electron chi connectivity index (χ0n) is 5.76. The molecule has 2 nitrogen and oxygen atoms in total. The van der Waals surface area contributed by atoms with Gasteiger partial charge in [-0.3, -0.25) is 5.11 Å². The number of hydrogen-bond donors (Lipinski definition) is 0. The van der Waals surface area contributed by atoms with Crippen molar-refractivity contribution in [3.05, 3.63) is 24.3 Å². The Morgan fingerprint density at radius 1 is 1.25 bits per heavy atom. The quantitative estimate of drug-likeness (QED) is 0.648. The van der Waals surface area contributed by atoms with Gasteiger partial charge in [0, 0.05) is 6.07 Å². The van der Waals surface area contributed by atoms with Gasteiger partial charge >= 0.3 is 6.36 Å². The summed E-state index contributed by atoms with van der Waals surface area (Å²) in [6.45, 7) is 0. The standard InChI is InChI=1S/C7H4F3O2/c8-7(9,10)12-6-3-1-2-5(11)4-6/h1-4H. The Kier molecular flexibility index (Phi) is 2.12. The molecule has 0 N–H and O–H groups in total. The van der Waals surface area contributed by atoms with Gasteiger partial charge < -0.3 is 4.74 Å². The Labute approximate surface area is 66.2 Å². The van der Waals surface area contributed by atoms with E-state index >= 15 is 0 Å². The third kappa shape index (κ3) is 2.69. The Balaban J connectivity index is 2.77. The minimum atomic E-state index is -4.74. The molecule has 65 valence electrons. The van der Waals surface area contributed by atoms with Crippen LogP contribution in [0.2, 0.25) is 0 Å². The lowest BCUT2D eigenvalue weighted by atomic mass is 10.3. The van der Waals surface area contributed by atoms with E-state index in [0.717, 1.165) is 18.2 Å². The van der Waals surface area contributed by atoms with E-state index in [0.29, 0.717) is 0 Å². The normalized spacial score (nSPS) is 11.2. The van der Waals surface area contributed by atoms with E-state index in [4.69, 9.17) is 0 Å². The van der Waals surface area contributed by atoms with Crippen molar-refractivity contribution in [1.29, 1.82) is 0 Å². The molecule has 0 saturated heterocycles. The summed E-state index contributed by atoms with van der Waals surface area (Å²) in [7, 11) is 0. The minimum Gasteiger partial charge on any atom is -0.406 e. The summed E-state index contributed by atoms with van der Waals surface area (Å²) >= 11 is 0. The highest BCUT2D eigenvalue weighted by atomic mass is 19.4. The monoisotopic (exact) mass is 177 g/mol. The first kappa shape index (κ1) is 8.70. The number of rotatable bonds is 1. The largest absolute Gasteiger partial charge is 0.573 e. The maximum absolute atomic E-state index is 11.5. The van der Waals surface area contributed by atoms with Crippen LogP contribution in [0.4, 0.5) is 13.2 Å². The highest BCUT2D eigenvalue weighted by Gasteiger charge is 2.31. The molecule has 1 aromatic carbocycles. The van der Waals surface area contributed by atoms with Crippen LogP contribution in [0.5, 0.6) is 11.5 Å². The van der Waals surface area contributed by atoms with Crippen LogP contribution in [0, 0.1) is 0 Å². The Bertz CT molecular complexity index is 270. The average Bonchev–Trinajstić information content (AvgIpc) is 1.82. The molecule has 0 heterocycles. The topological polar surface area (TPSA) is 29.1 Å². The second-order valence-corrected chi connectivity index (χ2v) is 2.02. The van der Waals surface area contributed by atoms with Gasteiger partial charge in [-0.05, 0) is 12.1 Å². The van der Waals surface area contributed by atoms with Gasteiger partial charge in [0.1, 0.15) is 5.75 Å². The first-order valence-electron chi connectivity index (χ1n) is 3.00. The summed E-state index contributed by atoms with van der Waals surface area (Å²) in [4.78, 5) is 0. The van der Waals surface area contributed by atoms with Crippen molar-refractivity contribution in [3.8, 4) is 11.5 Å². The Morgan fingerprint density at radius 3 is 2.42 bits per heavy atom. The number of benzene rings is 1. The molecule has 0 fully saturated rings. The fourth-order valence-electron chi connectivity index (χ4n) is 0.671. The van der Waals surface area contributed by atoms with E-state index in [1.807, 2.05) is 0 Å². The van der Waals surface area contributed by atoms with Crippen LogP contribution < -0.4 is 4.74 Å². The van der Waals surface area contributed by atoms with Crippen molar-refractivity contribution in [1.82, 2.24) is 0 Å². The molecular weight excluding hydrogens is 173 g/mol. The summed E-state index contributed by atoms with van der Waals surface area (Å²) in [6, 6.07) is 4.18. The molecule has 0 spiro atoms. The highest BCUT2D eigenvalue weighted by Crippen LogP contribution is 2.25. The summed E-state index contributed by atoms with van der Waals surface area (Å²) in [5.41, 5.74) is 0. The van der Waals surface area contributed by atoms with Gasteiger partial charge in [-0.25, -0.2) is 0 Å². The number of alkyl halides is 3. The third-order valence-electron chi connectivity index (χ3n) is 1.04. The number of halogens is 3. The molecule has 5 heteroatoms. The van der Waals surface area contributed by atoms with Crippen molar-refractivity contribution in [2.75, 3.05) is 0 Å². The van der Waals surface area contributed by atoms with Crippen LogP contribution >= 0.6 is 0 Å². The van der Waals surface area contributed by atoms with E-state index in [-0.39, 0.29) is 0 Å². The maximum Gasteiger partial charge on any atom is 0.573 e. The molecule has 0 bridgehead atoms. The van der Waals surface area contributed by atoms with Gasteiger partial charge in [0.2, 0.25) is 0 Å². The van der Waals surface area contributed by atoms with Crippen molar-refractivity contribution < 1.29 is 23.0 Å². The molecule has 0 atom stereocenters. The summed E-state index contributed by atoms with van der Waals surface area (Å²) < 4.78 is 38.1. The van der Waals surface area contributed by atoms with Crippen LogP contribution in [0.3, 0.4) is 0 Å². The van der Waals surface area contributed by atoms with Crippen LogP contribution in [-0.2, 0) is 5.11 Å². The maximum atomic E-state index is 11.5. The SMILES string of the molecule is [O]c1cccc(OC(F)(F)F)c1. The Morgan fingerprint density at radius 2 is 1.92 bits per heavy atom. The highest BCUT2D eigenvalue weighted by molar-refractivity contribution is 5.31. The summed E-state index contributed by atoms with van der Waals surface area (Å²) in [5.74, 6) is -1.01. The number of ether oxygens (including phenoxy) is 1. The second kappa shape index (κ2) is 2.92. The van der Waals surface area contributed by atoms with Crippen LogP contribution in [0.1, 0.15) is 0 Å². The van der Waals surface area contributed by atoms with E-state index < -0.39 is 17.9 Å². The van der Waals surface area contributed by atoms with Gasteiger partial charge in [0.15, 0.2) is 5.75 Å². The van der Waals surface area contributed by atoms with E-state index in [1.54, 1.807) is 0 Å². The summed E-state index contributed by atoms with van der Waals surface area (Å²) in [5, 5.41) is 10.5. The van der Waals surface area contributed by atoms with E-state index in [9.17, 15) is 18.3 Å². The second-order valence-electron chi connectivity index (χ2n) is 2.02. The number of hydrogen-bond acceptors (Lipinski definition) is 1. The molecule has 1 aromatic rings. The first-order valence-corrected chi connectivity index (χ1v) is 3.00. The van der Waals surface area contributed by atoms with Crippen LogP contribution in [-0.4, -0.2) is 6.36 Å². The van der Waals surface area contributed by atoms with Gasteiger partial charge in [-0.2, -0.15) is 0 Å². The predicted octanol–water partition coefficient (Wildman–Crippen LogP) is 2.73. The zero-order valence-corrected chi connectivity index (χ0v) is 5.76. The fraction of sp³-hybridized carbons (Fsp3) is 0.143. The van der Waals surface area contributed by atoms with Crippen molar-refractivity contribution >= 4 is 0 Å². The fourth-order valence-corrected chi connectivity index (χ4v) is 0.671.